The summed E-state index contributed by atoms with van der Waals surface area (Å²) in [6.07, 6.45) is 4.78. The lowest BCUT2D eigenvalue weighted by molar-refractivity contribution is 0.229. The van der Waals surface area contributed by atoms with E-state index in [4.69, 9.17) is 0 Å². The van der Waals surface area contributed by atoms with Gasteiger partial charge in [-0.15, -0.1) is 5.10 Å². The molecule has 0 spiro atoms. The van der Waals surface area contributed by atoms with Gasteiger partial charge in [0, 0.05) is 38.4 Å². The van der Waals surface area contributed by atoms with Crippen molar-refractivity contribution >= 4 is 0 Å². The van der Waals surface area contributed by atoms with Crippen LogP contribution in [0.1, 0.15) is 18.1 Å². The minimum Gasteiger partial charge on any atom is -0.311 e. The Kier molecular flexibility index (Phi) is 4.62. The van der Waals surface area contributed by atoms with Gasteiger partial charge in [0.15, 0.2) is 0 Å². The first-order chi connectivity index (χ1) is 10.3. The standard InChI is InChI=1S/C16H23N5/c1-14(17-7-10-21-11-8-18-19-21)12-20-9-6-15-4-2-3-5-16(15)13-20/h2-5,8,11,14,17H,6-7,9-10,12-13H2,1H3/t14-/m0/s1. The second kappa shape index (κ2) is 6.83. The molecule has 1 aliphatic heterocycles. The molecule has 1 atom stereocenters. The van der Waals surface area contributed by atoms with Crippen LogP contribution >= 0.6 is 0 Å². The van der Waals surface area contributed by atoms with E-state index in [1.165, 1.54) is 17.5 Å². The van der Waals surface area contributed by atoms with Gasteiger partial charge in [-0.25, -0.2) is 0 Å². The van der Waals surface area contributed by atoms with E-state index in [1.807, 2.05) is 10.9 Å². The molecular weight excluding hydrogens is 262 g/mol. The molecular formula is C16H23N5. The summed E-state index contributed by atoms with van der Waals surface area (Å²) in [5.41, 5.74) is 3.00. The van der Waals surface area contributed by atoms with Gasteiger partial charge in [-0.05, 0) is 24.5 Å². The van der Waals surface area contributed by atoms with E-state index in [0.717, 1.165) is 32.7 Å². The van der Waals surface area contributed by atoms with Crippen molar-refractivity contribution < 1.29 is 0 Å². The fourth-order valence-corrected chi connectivity index (χ4v) is 2.94. The van der Waals surface area contributed by atoms with Crippen LogP contribution in [0, 0.1) is 0 Å². The molecule has 1 N–H and O–H groups in total. The molecule has 0 saturated carbocycles. The molecule has 5 heteroatoms. The van der Waals surface area contributed by atoms with Gasteiger partial charge in [-0.2, -0.15) is 0 Å². The molecule has 0 unspecified atom stereocenters. The van der Waals surface area contributed by atoms with Crippen molar-refractivity contribution in [2.24, 2.45) is 0 Å². The fraction of sp³-hybridized carbons (Fsp3) is 0.500. The van der Waals surface area contributed by atoms with Crippen molar-refractivity contribution in [2.75, 3.05) is 19.6 Å². The number of fused-ring (bicyclic) bond motifs is 1. The van der Waals surface area contributed by atoms with Gasteiger partial charge in [-0.1, -0.05) is 29.5 Å². The molecule has 3 rings (SSSR count). The highest BCUT2D eigenvalue weighted by Gasteiger charge is 2.17. The molecule has 112 valence electrons. The van der Waals surface area contributed by atoms with Crippen LogP contribution in [-0.2, 0) is 19.5 Å². The number of nitrogens with one attached hydrogen (secondary N) is 1. The summed E-state index contributed by atoms with van der Waals surface area (Å²) >= 11 is 0. The topological polar surface area (TPSA) is 46.0 Å². The van der Waals surface area contributed by atoms with E-state index in [9.17, 15) is 0 Å². The lowest BCUT2D eigenvalue weighted by Crippen LogP contribution is -2.42. The van der Waals surface area contributed by atoms with Crippen LogP contribution in [-0.4, -0.2) is 45.6 Å². The van der Waals surface area contributed by atoms with Crippen molar-refractivity contribution in [3.05, 3.63) is 47.8 Å². The SMILES string of the molecule is C[C@@H](CN1CCc2ccccc2C1)NCCn1ccnn1. The van der Waals surface area contributed by atoms with Crippen LogP contribution in [0.2, 0.25) is 0 Å². The van der Waals surface area contributed by atoms with Crippen molar-refractivity contribution in [3.63, 3.8) is 0 Å². The fourth-order valence-electron chi connectivity index (χ4n) is 2.94. The number of hydrogen-bond donors (Lipinski definition) is 1. The van der Waals surface area contributed by atoms with Gasteiger partial charge in [0.25, 0.3) is 0 Å². The van der Waals surface area contributed by atoms with Gasteiger partial charge >= 0.3 is 0 Å². The number of nitrogens with zero attached hydrogens (tertiary/aromatic N) is 4. The van der Waals surface area contributed by atoms with E-state index in [0.29, 0.717) is 6.04 Å². The monoisotopic (exact) mass is 285 g/mol. The van der Waals surface area contributed by atoms with Crippen LogP contribution < -0.4 is 5.32 Å². The lowest BCUT2D eigenvalue weighted by atomic mass is 10.00. The highest BCUT2D eigenvalue weighted by Crippen LogP contribution is 2.18. The predicted octanol–water partition coefficient (Wildman–Crippen LogP) is 1.31. The smallest absolute Gasteiger partial charge is 0.0692 e. The molecule has 1 aromatic carbocycles. The summed E-state index contributed by atoms with van der Waals surface area (Å²) in [5, 5.41) is 11.3. The van der Waals surface area contributed by atoms with Crippen LogP contribution in [0.5, 0.6) is 0 Å². The lowest BCUT2D eigenvalue weighted by Gasteiger charge is -2.31. The molecule has 0 aliphatic carbocycles. The number of aromatic nitrogens is 3. The van der Waals surface area contributed by atoms with Gasteiger partial charge in [0.2, 0.25) is 0 Å². The van der Waals surface area contributed by atoms with Crippen LogP contribution in [0.3, 0.4) is 0 Å². The summed E-state index contributed by atoms with van der Waals surface area (Å²) in [5.74, 6) is 0. The zero-order chi connectivity index (χ0) is 14.5. The number of rotatable bonds is 6. The quantitative estimate of drug-likeness (QED) is 0.869. The first-order valence-corrected chi connectivity index (χ1v) is 7.68. The second-order valence-corrected chi connectivity index (χ2v) is 5.78. The van der Waals surface area contributed by atoms with Crippen LogP contribution in [0.25, 0.3) is 0 Å². The number of benzene rings is 1. The minimum absolute atomic E-state index is 0.485. The molecule has 1 aromatic heterocycles. The maximum absolute atomic E-state index is 3.97. The third kappa shape index (κ3) is 3.89. The second-order valence-electron chi connectivity index (χ2n) is 5.78. The first kappa shape index (κ1) is 14.2. The van der Waals surface area contributed by atoms with Gasteiger partial charge < -0.3 is 5.32 Å². The highest BCUT2D eigenvalue weighted by atomic mass is 15.4. The molecule has 1 aliphatic rings. The van der Waals surface area contributed by atoms with Crippen molar-refractivity contribution in [3.8, 4) is 0 Å². The van der Waals surface area contributed by atoms with Gasteiger partial charge in [0.05, 0.1) is 12.7 Å². The molecule has 0 amide bonds. The third-order valence-corrected chi connectivity index (χ3v) is 4.05. The Morgan fingerprint density at radius 3 is 2.95 bits per heavy atom. The maximum Gasteiger partial charge on any atom is 0.0692 e. The van der Waals surface area contributed by atoms with E-state index in [1.54, 1.807) is 6.20 Å². The Bertz CT molecular complexity index is 552. The molecule has 0 saturated heterocycles. The normalized spacial score (nSPS) is 16.6. The van der Waals surface area contributed by atoms with Crippen molar-refractivity contribution in [1.82, 2.24) is 25.2 Å². The van der Waals surface area contributed by atoms with Gasteiger partial charge in [-0.3, -0.25) is 9.58 Å². The Morgan fingerprint density at radius 2 is 2.14 bits per heavy atom. The summed E-state index contributed by atoms with van der Waals surface area (Å²) in [7, 11) is 0. The molecule has 0 bridgehead atoms. The maximum atomic E-state index is 3.97. The Hall–Kier alpha value is -1.72. The molecule has 5 nitrogen and oxygen atoms in total. The molecule has 0 radical (unpaired) electrons. The van der Waals surface area contributed by atoms with Crippen molar-refractivity contribution in [1.29, 1.82) is 0 Å². The van der Waals surface area contributed by atoms with E-state index >= 15 is 0 Å². The Morgan fingerprint density at radius 1 is 1.29 bits per heavy atom. The molecule has 2 heterocycles. The highest BCUT2D eigenvalue weighted by molar-refractivity contribution is 5.29. The first-order valence-electron chi connectivity index (χ1n) is 7.68. The van der Waals surface area contributed by atoms with E-state index in [-0.39, 0.29) is 0 Å². The zero-order valence-electron chi connectivity index (χ0n) is 12.6. The van der Waals surface area contributed by atoms with Crippen LogP contribution in [0.4, 0.5) is 0 Å². The summed E-state index contributed by atoms with van der Waals surface area (Å²) in [4.78, 5) is 2.54. The largest absolute Gasteiger partial charge is 0.311 e. The summed E-state index contributed by atoms with van der Waals surface area (Å²) in [6.45, 7) is 7.37. The van der Waals surface area contributed by atoms with Crippen molar-refractivity contribution in [2.45, 2.75) is 32.5 Å². The Balaban J connectivity index is 1.42. The summed E-state index contributed by atoms with van der Waals surface area (Å²) in [6, 6.07) is 9.28. The van der Waals surface area contributed by atoms with Crippen LogP contribution in [0.15, 0.2) is 36.7 Å². The third-order valence-electron chi connectivity index (χ3n) is 4.05. The average molecular weight is 285 g/mol. The predicted molar refractivity (Wildman–Crippen MR) is 82.9 cm³/mol. The Labute approximate surface area is 126 Å². The average Bonchev–Trinajstić information content (AvgIpc) is 3.00. The van der Waals surface area contributed by atoms with E-state index < -0.39 is 0 Å². The zero-order valence-corrected chi connectivity index (χ0v) is 12.6. The number of hydrogen-bond acceptors (Lipinski definition) is 4. The minimum atomic E-state index is 0.485. The molecule has 2 aromatic rings. The summed E-state index contributed by atoms with van der Waals surface area (Å²) < 4.78 is 1.86. The molecule has 0 fully saturated rings. The van der Waals surface area contributed by atoms with Gasteiger partial charge in [0.1, 0.15) is 0 Å². The van der Waals surface area contributed by atoms with E-state index in [2.05, 4.69) is 51.7 Å². The molecule has 21 heavy (non-hydrogen) atoms.